The molecule has 0 radical (unpaired) electrons. The fourth-order valence-electron chi connectivity index (χ4n) is 2.22. The molecule has 5 nitrogen and oxygen atoms in total. The van der Waals surface area contributed by atoms with Crippen molar-refractivity contribution < 1.29 is 19.4 Å². The number of hydrogen-bond donors (Lipinski definition) is 2. The Labute approximate surface area is 151 Å². The summed E-state index contributed by atoms with van der Waals surface area (Å²) in [5.41, 5.74) is 1.82. The summed E-state index contributed by atoms with van der Waals surface area (Å²) < 4.78 is 5.06. The van der Waals surface area contributed by atoms with Gasteiger partial charge < -0.3 is 15.2 Å². The molecule has 1 amide bonds. The van der Waals surface area contributed by atoms with Crippen LogP contribution in [0.25, 0.3) is 0 Å². The topological polar surface area (TPSA) is 75.6 Å². The van der Waals surface area contributed by atoms with Crippen LogP contribution in [0.5, 0.6) is 5.75 Å². The van der Waals surface area contributed by atoms with E-state index in [1.807, 2.05) is 45.0 Å². The van der Waals surface area contributed by atoms with Gasteiger partial charge in [-0.2, -0.15) is 0 Å². The van der Waals surface area contributed by atoms with Crippen molar-refractivity contribution in [3.63, 3.8) is 0 Å². The highest BCUT2D eigenvalue weighted by Crippen LogP contribution is 2.30. The van der Waals surface area contributed by atoms with E-state index in [9.17, 15) is 9.59 Å². The zero-order valence-electron chi connectivity index (χ0n) is 14.3. The van der Waals surface area contributed by atoms with Crippen molar-refractivity contribution >= 4 is 29.2 Å². The third-order valence-corrected chi connectivity index (χ3v) is 4.18. The Hall–Kier alpha value is -2.53. The molecule has 0 bridgehead atoms. The van der Waals surface area contributed by atoms with E-state index in [1.165, 1.54) is 12.1 Å². The molecule has 6 heteroatoms. The Morgan fingerprint density at radius 2 is 1.80 bits per heavy atom. The van der Waals surface area contributed by atoms with Crippen molar-refractivity contribution in [1.82, 2.24) is 0 Å². The molecule has 2 aromatic carbocycles. The molecule has 2 rings (SSSR count). The number of anilines is 1. The lowest BCUT2D eigenvalue weighted by Crippen LogP contribution is -2.34. The molecule has 0 spiro atoms. The SMILES string of the molecule is Cc1ccc(C(C)(C)C(=O)Nc2ccc(OCC(=O)O)c(Cl)c2)cc1. The van der Waals surface area contributed by atoms with Crippen molar-refractivity contribution in [3.8, 4) is 5.75 Å². The number of amides is 1. The van der Waals surface area contributed by atoms with Crippen LogP contribution in [0.1, 0.15) is 25.0 Å². The minimum atomic E-state index is -1.09. The second-order valence-corrected chi connectivity index (χ2v) is 6.68. The van der Waals surface area contributed by atoms with E-state index in [-0.39, 0.29) is 16.7 Å². The first-order chi connectivity index (χ1) is 11.7. The second kappa shape index (κ2) is 7.57. The summed E-state index contributed by atoms with van der Waals surface area (Å²) in [5, 5.41) is 11.7. The molecule has 0 atom stereocenters. The van der Waals surface area contributed by atoms with Crippen molar-refractivity contribution in [1.29, 1.82) is 0 Å². The summed E-state index contributed by atoms with van der Waals surface area (Å²) in [5.74, 6) is -1.01. The fraction of sp³-hybridized carbons (Fsp3) is 0.263. The Bertz CT molecular complexity index is 785. The Morgan fingerprint density at radius 1 is 1.16 bits per heavy atom. The predicted molar refractivity (Wildman–Crippen MR) is 97.4 cm³/mol. The van der Waals surface area contributed by atoms with Gasteiger partial charge in [0.15, 0.2) is 6.61 Å². The third-order valence-electron chi connectivity index (χ3n) is 3.88. The lowest BCUT2D eigenvalue weighted by Gasteiger charge is -2.24. The van der Waals surface area contributed by atoms with Crippen LogP contribution < -0.4 is 10.1 Å². The maximum absolute atomic E-state index is 12.7. The fourth-order valence-corrected chi connectivity index (χ4v) is 2.46. The van der Waals surface area contributed by atoms with Gasteiger partial charge in [0.1, 0.15) is 5.75 Å². The van der Waals surface area contributed by atoms with Crippen LogP contribution in [0, 0.1) is 6.92 Å². The first kappa shape index (κ1) is 18.8. The molecule has 0 unspecified atom stereocenters. The van der Waals surface area contributed by atoms with E-state index >= 15 is 0 Å². The number of aliphatic carboxylic acids is 1. The molecule has 0 aliphatic heterocycles. The minimum absolute atomic E-state index is 0.174. The van der Waals surface area contributed by atoms with Gasteiger partial charge in [0.2, 0.25) is 5.91 Å². The summed E-state index contributed by atoms with van der Waals surface area (Å²) >= 11 is 6.08. The van der Waals surface area contributed by atoms with Crippen LogP contribution in [-0.4, -0.2) is 23.6 Å². The zero-order chi connectivity index (χ0) is 18.6. The summed E-state index contributed by atoms with van der Waals surface area (Å²) in [4.78, 5) is 23.2. The number of hydrogen-bond acceptors (Lipinski definition) is 3. The number of carbonyl (C=O) groups is 2. The largest absolute Gasteiger partial charge is 0.480 e. The summed E-state index contributed by atoms with van der Waals surface area (Å²) in [7, 11) is 0. The van der Waals surface area contributed by atoms with E-state index in [2.05, 4.69) is 5.32 Å². The molecule has 132 valence electrons. The highest BCUT2D eigenvalue weighted by Gasteiger charge is 2.29. The van der Waals surface area contributed by atoms with Crippen LogP contribution in [-0.2, 0) is 15.0 Å². The average Bonchev–Trinajstić information content (AvgIpc) is 2.54. The minimum Gasteiger partial charge on any atom is -0.480 e. The molecule has 0 saturated carbocycles. The number of ether oxygens (including phenoxy) is 1. The van der Waals surface area contributed by atoms with Gasteiger partial charge in [0, 0.05) is 5.69 Å². The van der Waals surface area contributed by atoms with Crippen molar-refractivity contribution in [3.05, 3.63) is 58.6 Å². The quantitative estimate of drug-likeness (QED) is 0.814. The first-order valence-electron chi connectivity index (χ1n) is 7.73. The number of aryl methyl sites for hydroxylation is 1. The summed E-state index contributed by atoms with van der Waals surface area (Å²) in [6, 6.07) is 12.5. The van der Waals surface area contributed by atoms with Crippen LogP contribution in [0.4, 0.5) is 5.69 Å². The Balaban J connectivity index is 2.12. The maximum Gasteiger partial charge on any atom is 0.341 e. The number of halogens is 1. The van der Waals surface area contributed by atoms with Gasteiger partial charge in [0.05, 0.1) is 10.4 Å². The molecular weight excluding hydrogens is 342 g/mol. The number of carboxylic acids is 1. The summed E-state index contributed by atoms with van der Waals surface area (Å²) in [6.07, 6.45) is 0. The average molecular weight is 362 g/mol. The molecule has 0 aromatic heterocycles. The second-order valence-electron chi connectivity index (χ2n) is 6.27. The molecule has 0 fully saturated rings. The lowest BCUT2D eigenvalue weighted by atomic mass is 9.83. The number of carboxylic acid groups (broad SMARTS) is 1. The van der Waals surface area contributed by atoms with Crippen LogP contribution in [0.2, 0.25) is 5.02 Å². The van der Waals surface area contributed by atoms with Gasteiger partial charge in [-0.25, -0.2) is 4.79 Å². The summed E-state index contributed by atoms with van der Waals surface area (Å²) in [6.45, 7) is 5.20. The van der Waals surface area contributed by atoms with Gasteiger partial charge in [0.25, 0.3) is 0 Å². The highest BCUT2D eigenvalue weighted by molar-refractivity contribution is 6.32. The predicted octanol–water partition coefficient (Wildman–Crippen LogP) is 4.03. The number of carbonyl (C=O) groups excluding carboxylic acids is 1. The molecule has 0 heterocycles. The Morgan fingerprint density at radius 3 is 2.36 bits per heavy atom. The standard InChI is InChI=1S/C19H20ClNO4/c1-12-4-6-13(7-5-12)19(2,3)18(24)21-14-8-9-16(15(20)10-14)25-11-17(22)23/h4-10H,11H2,1-3H3,(H,21,24)(H,22,23). The van der Waals surface area contributed by atoms with E-state index in [4.69, 9.17) is 21.4 Å². The lowest BCUT2D eigenvalue weighted by molar-refractivity contribution is -0.139. The van der Waals surface area contributed by atoms with Crippen LogP contribution in [0.3, 0.4) is 0 Å². The number of nitrogens with one attached hydrogen (secondary N) is 1. The van der Waals surface area contributed by atoms with Crippen molar-refractivity contribution in [2.45, 2.75) is 26.2 Å². The van der Waals surface area contributed by atoms with Crippen molar-refractivity contribution in [2.24, 2.45) is 0 Å². The molecule has 2 N–H and O–H groups in total. The molecule has 2 aromatic rings. The smallest absolute Gasteiger partial charge is 0.341 e. The van der Waals surface area contributed by atoms with E-state index in [0.29, 0.717) is 5.69 Å². The third kappa shape index (κ3) is 4.73. The van der Waals surface area contributed by atoms with Crippen molar-refractivity contribution in [2.75, 3.05) is 11.9 Å². The molecule has 25 heavy (non-hydrogen) atoms. The van der Waals surface area contributed by atoms with E-state index in [0.717, 1.165) is 11.1 Å². The highest BCUT2D eigenvalue weighted by atomic mass is 35.5. The number of rotatable bonds is 6. The number of benzene rings is 2. The zero-order valence-corrected chi connectivity index (χ0v) is 15.1. The van der Waals surface area contributed by atoms with Gasteiger partial charge >= 0.3 is 5.97 Å². The van der Waals surface area contributed by atoms with Gasteiger partial charge in [-0.3, -0.25) is 4.79 Å². The van der Waals surface area contributed by atoms with Crippen LogP contribution >= 0.6 is 11.6 Å². The monoisotopic (exact) mass is 361 g/mol. The molecular formula is C19H20ClNO4. The van der Waals surface area contributed by atoms with Gasteiger partial charge in [-0.15, -0.1) is 0 Å². The molecule has 0 saturated heterocycles. The van der Waals surface area contributed by atoms with Gasteiger partial charge in [-0.05, 0) is 44.5 Å². The molecule has 0 aliphatic carbocycles. The molecule has 0 aliphatic rings. The first-order valence-corrected chi connectivity index (χ1v) is 8.10. The van der Waals surface area contributed by atoms with Crippen LogP contribution in [0.15, 0.2) is 42.5 Å². The Kier molecular flexibility index (Phi) is 5.69. The van der Waals surface area contributed by atoms with Gasteiger partial charge in [-0.1, -0.05) is 41.4 Å². The normalized spacial score (nSPS) is 11.0. The van der Waals surface area contributed by atoms with E-state index in [1.54, 1.807) is 6.07 Å². The maximum atomic E-state index is 12.7. The van der Waals surface area contributed by atoms with E-state index < -0.39 is 18.0 Å².